The second-order valence-electron chi connectivity index (χ2n) is 4.51. The maximum atomic E-state index is 11.4. The molecule has 20 heavy (non-hydrogen) atoms. The molecule has 1 aromatic rings. The van der Waals surface area contributed by atoms with Crippen molar-refractivity contribution < 1.29 is 19.2 Å². The largest absolute Gasteiger partial charge is 0.461 e. The van der Waals surface area contributed by atoms with Gasteiger partial charge in [0.25, 0.3) is 5.69 Å². The van der Waals surface area contributed by atoms with Gasteiger partial charge in [0, 0.05) is 18.6 Å². The highest BCUT2D eigenvalue weighted by Crippen LogP contribution is 2.29. The Balaban J connectivity index is 3.05. The van der Waals surface area contributed by atoms with Gasteiger partial charge >= 0.3 is 5.97 Å². The third kappa shape index (κ3) is 4.04. The number of ether oxygens (including phenoxy) is 1. The smallest absolute Gasteiger partial charge is 0.308 e. The third-order valence-corrected chi connectivity index (χ3v) is 2.47. The van der Waals surface area contributed by atoms with Crippen molar-refractivity contribution in [2.45, 2.75) is 27.4 Å². The summed E-state index contributed by atoms with van der Waals surface area (Å²) in [5.41, 5.74) is 0.197. The molecule has 0 bridgehead atoms. The lowest BCUT2D eigenvalue weighted by Gasteiger charge is -2.12. The molecule has 0 spiro atoms. The van der Waals surface area contributed by atoms with Crippen molar-refractivity contribution in [1.82, 2.24) is 0 Å². The second kappa shape index (κ2) is 6.65. The van der Waals surface area contributed by atoms with Crippen LogP contribution in [0.25, 0.3) is 0 Å². The maximum absolute atomic E-state index is 11.4. The number of carbonyl (C=O) groups excluding carboxylic acids is 2. The Bertz CT molecular complexity index is 540. The number of nitrogens with zero attached hydrogens (tertiary/aromatic N) is 1. The summed E-state index contributed by atoms with van der Waals surface area (Å²) in [6.07, 6.45) is 0. The monoisotopic (exact) mass is 280 g/mol. The number of nitro groups is 1. The number of nitro benzene ring substituents is 1. The first kappa shape index (κ1) is 15.6. The fourth-order valence-electron chi connectivity index (χ4n) is 1.49. The predicted molar refractivity (Wildman–Crippen MR) is 72.0 cm³/mol. The SMILES string of the molecule is CC(=O)Nc1c(COC(=O)C(C)C)cccc1[N+](=O)[O-]. The number of carbonyl (C=O) groups is 2. The van der Waals surface area contributed by atoms with E-state index in [1.54, 1.807) is 19.9 Å². The van der Waals surface area contributed by atoms with Crippen LogP contribution in [0.3, 0.4) is 0 Å². The third-order valence-electron chi connectivity index (χ3n) is 2.47. The molecule has 0 saturated heterocycles. The Morgan fingerprint density at radius 1 is 1.40 bits per heavy atom. The predicted octanol–water partition coefficient (Wildman–Crippen LogP) is 2.25. The van der Waals surface area contributed by atoms with Crippen LogP contribution in [0.15, 0.2) is 18.2 Å². The molecule has 1 aromatic carbocycles. The molecule has 0 aromatic heterocycles. The number of para-hydroxylation sites is 1. The minimum atomic E-state index is -0.598. The van der Waals surface area contributed by atoms with Crippen LogP contribution in [-0.2, 0) is 20.9 Å². The summed E-state index contributed by atoms with van der Waals surface area (Å²) in [5, 5.41) is 13.4. The first-order chi connectivity index (χ1) is 9.32. The molecule has 0 fully saturated rings. The molecule has 7 nitrogen and oxygen atoms in total. The fourth-order valence-corrected chi connectivity index (χ4v) is 1.49. The maximum Gasteiger partial charge on any atom is 0.308 e. The standard InChI is InChI=1S/C13H16N2O5/c1-8(2)13(17)20-7-10-5-4-6-11(15(18)19)12(10)14-9(3)16/h4-6,8H,7H2,1-3H3,(H,14,16). The van der Waals surface area contributed by atoms with Gasteiger partial charge in [-0.2, -0.15) is 0 Å². The van der Waals surface area contributed by atoms with E-state index >= 15 is 0 Å². The highest BCUT2D eigenvalue weighted by molar-refractivity contribution is 5.92. The van der Waals surface area contributed by atoms with Crippen molar-refractivity contribution >= 4 is 23.3 Å². The van der Waals surface area contributed by atoms with Crippen LogP contribution in [0, 0.1) is 16.0 Å². The van der Waals surface area contributed by atoms with Crippen LogP contribution < -0.4 is 5.32 Å². The van der Waals surface area contributed by atoms with Gasteiger partial charge in [-0.3, -0.25) is 19.7 Å². The Morgan fingerprint density at radius 2 is 2.05 bits per heavy atom. The molecule has 7 heteroatoms. The summed E-state index contributed by atoms with van der Waals surface area (Å²) < 4.78 is 5.03. The van der Waals surface area contributed by atoms with Crippen molar-refractivity contribution in [2.24, 2.45) is 5.92 Å². The number of benzene rings is 1. The summed E-state index contributed by atoms with van der Waals surface area (Å²) in [6, 6.07) is 4.31. The molecule has 0 atom stereocenters. The Morgan fingerprint density at radius 3 is 2.55 bits per heavy atom. The van der Waals surface area contributed by atoms with E-state index in [-0.39, 0.29) is 23.9 Å². The zero-order valence-corrected chi connectivity index (χ0v) is 11.5. The van der Waals surface area contributed by atoms with Crippen LogP contribution in [0.4, 0.5) is 11.4 Å². The number of rotatable bonds is 5. The summed E-state index contributed by atoms with van der Waals surface area (Å²) in [7, 11) is 0. The van der Waals surface area contributed by atoms with Gasteiger partial charge < -0.3 is 10.1 Å². The molecule has 0 aliphatic heterocycles. The molecule has 0 heterocycles. The minimum absolute atomic E-state index is 0.0570. The first-order valence-electron chi connectivity index (χ1n) is 6.03. The zero-order chi connectivity index (χ0) is 15.3. The molecule has 0 aliphatic rings. The van der Waals surface area contributed by atoms with E-state index in [9.17, 15) is 19.7 Å². The zero-order valence-electron chi connectivity index (χ0n) is 11.5. The Kier molecular flexibility index (Phi) is 5.19. The summed E-state index contributed by atoms with van der Waals surface area (Å²) in [5.74, 6) is -1.14. The lowest BCUT2D eigenvalue weighted by atomic mass is 10.1. The second-order valence-corrected chi connectivity index (χ2v) is 4.51. The molecular weight excluding hydrogens is 264 g/mol. The lowest BCUT2D eigenvalue weighted by Crippen LogP contribution is -2.14. The van der Waals surface area contributed by atoms with Crippen LogP contribution in [0.2, 0.25) is 0 Å². The molecular formula is C13H16N2O5. The van der Waals surface area contributed by atoms with E-state index in [4.69, 9.17) is 4.74 Å². The van der Waals surface area contributed by atoms with Gasteiger partial charge in [-0.25, -0.2) is 0 Å². The Hall–Kier alpha value is -2.44. The van der Waals surface area contributed by atoms with Crippen LogP contribution in [0.5, 0.6) is 0 Å². The van der Waals surface area contributed by atoms with Gasteiger partial charge in [0.15, 0.2) is 0 Å². The van der Waals surface area contributed by atoms with Crippen molar-refractivity contribution in [1.29, 1.82) is 0 Å². The highest BCUT2D eigenvalue weighted by Gasteiger charge is 2.19. The summed E-state index contributed by atoms with van der Waals surface area (Å²) >= 11 is 0. The number of hydrogen-bond donors (Lipinski definition) is 1. The van der Waals surface area contributed by atoms with E-state index in [1.165, 1.54) is 19.1 Å². The van der Waals surface area contributed by atoms with E-state index in [2.05, 4.69) is 5.32 Å². The molecule has 0 saturated carbocycles. The average Bonchev–Trinajstić information content (AvgIpc) is 2.35. The van der Waals surface area contributed by atoms with Gasteiger partial charge in [0.2, 0.25) is 5.91 Å². The van der Waals surface area contributed by atoms with Gasteiger partial charge in [0.1, 0.15) is 12.3 Å². The molecule has 1 rings (SSSR count). The topological polar surface area (TPSA) is 98.5 Å². The fraction of sp³-hybridized carbons (Fsp3) is 0.385. The Labute approximate surface area is 116 Å². The van der Waals surface area contributed by atoms with E-state index in [0.29, 0.717) is 5.56 Å². The molecule has 0 unspecified atom stereocenters. The van der Waals surface area contributed by atoms with Crippen LogP contribution >= 0.6 is 0 Å². The number of hydrogen-bond acceptors (Lipinski definition) is 5. The van der Waals surface area contributed by atoms with E-state index < -0.39 is 16.8 Å². The molecule has 1 amide bonds. The van der Waals surface area contributed by atoms with Crippen molar-refractivity contribution in [3.63, 3.8) is 0 Å². The normalized spacial score (nSPS) is 10.2. The number of esters is 1. The van der Waals surface area contributed by atoms with Crippen LogP contribution in [0.1, 0.15) is 26.3 Å². The number of anilines is 1. The molecule has 0 aliphatic carbocycles. The first-order valence-corrected chi connectivity index (χ1v) is 6.03. The van der Waals surface area contributed by atoms with Crippen LogP contribution in [-0.4, -0.2) is 16.8 Å². The number of amides is 1. The molecule has 108 valence electrons. The van der Waals surface area contributed by atoms with Gasteiger partial charge in [-0.05, 0) is 0 Å². The highest BCUT2D eigenvalue weighted by atomic mass is 16.6. The van der Waals surface area contributed by atoms with Crippen molar-refractivity contribution in [3.8, 4) is 0 Å². The van der Waals surface area contributed by atoms with Gasteiger partial charge in [-0.1, -0.05) is 26.0 Å². The van der Waals surface area contributed by atoms with Gasteiger partial charge in [0.05, 0.1) is 10.8 Å². The molecule has 1 N–H and O–H groups in total. The molecule has 0 radical (unpaired) electrons. The quantitative estimate of drug-likeness (QED) is 0.506. The number of nitrogens with one attached hydrogen (secondary N) is 1. The summed E-state index contributed by atoms with van der Waals surface area (Å²) in [6.45, 7) is 4.49. The average molecular weight is 280 g/mol. The summed E-state index contributed by atoms with van der Waals surface area (Å²) in [4.78, 5) is 32.9. The lowest BCUT2D eigenvalue weighted by molar-refractivity contribution is -0.384. The van der Waals surface area contributed by atoms with Gasteiger partial charge in [-0.15, -0.1) is 0 Å². The van der Waals surface area contributed by atoms with Crippen molar-refractivity contribution in [3.05, 3.63) is 33.9 Å². The van der Waals surface area contributed by atoms with Crippen molar-refractivity contribution in [2.75, 3.05) is 5.32 Å². The minimum Gasteiger partial charge on any atom is -0.461 e. The van der Waals surface area contributed by atoms with E-state index in [1.807, 2.05) is 0 Å². The van der Waals surface area contributed by atoms with E-state index in [0.717, 1.165) is 0 Å².